The summed E-state index contributed by atoms with van der Waals surface area (Å²) >= 11 is 0. The molecule has 0 fully saturated rings. The molecule has 2 N–H and O–H groups in total. The molecule has 0 aromatic heterocycles. The number of carboxylic acids is 1. The zero-order valence-electron chi connectivity index (χ0n) is 9.90. The van der Waals surface area contributed by atoms with Crippen molar-refractivity contribution in [2.75, 3.05) is 13.6 Å². The zero-order chi connectivity index (χ0) is 13.4. The second kappa shape index (κ2) is 7.28. The normalized spacial score (nSPS) is 11.1. The summed E-state index contributed by atoms with van der Waals surface area (Å²) in [5.41, 5.74) is 0. The Bertz CT molecular complexity index is 346. The average Bonchev–Trinajstić information content (AvgIpc) is 2.15. The minimum absolute atomic E-state index is 0.0120. The first-order valence-corrected chi connectivity index (χ1v) is 5.07. The molecule has 0 saturated carbocycles. The molecule has 1 atom stereocenters. The summed E-state index contributed by atoms with van der Waals surface area (Å²) in [6, 6.07) is -0.588. The van der Waals surface area contributed by atoms with Gasteiger partial charge >= 0.3 is 12.0 Å². The molecule has 6 heteroatoms. The molecule has 0 spiro atoms. The van der Waals surface area contributed by atoms with Crippen molar-refractivity contribution < 1.29 is 19.5 Å². The third-order valence-electron chi connectivity index (χ3n) is 1.98. The molecule has 0 aromatic rings. The van der Waals surface area contributed by atoms with Gasteiger partial charge in [0.2, 0.25) is 5.91 Å². The molecular formula is C11H16N2O4. The Hall–Kier alpha value is -2.03. The minimum Gasteiger partial charge on any atom is -0.481 e. The molecule has 6 nitrogen and oxygen atoms in total. The maximum atomic E-state index is 11.4. The lowest BCUT2D eigenvalue weighted by atomic mass is 10.0. The fourth-order valence-corrected chi connectivity index (χ4v) is 1.16. The van der Waals surface area contributed by atoms with Gasteiger partial charge in [-0.05, 0) is 5.92 Å². The van der Waals surface area contributed by atoms with Crippen LogP contribution in [-0.4, -0.2) is 41.5 Å². The summed E-state index contributed by atoms with van der Waals surface area (Å²) in [6.07, 6.45) is 4.89. The van der Waals surface area contributed by atoms with Crippen LogP contribution in [-0.2, 0) is 9.59 Å². The molecular weight excluding hydrogens is 224 g/mol. The average molecular weight is 240 g/mol. The summed E-state index contributed by atoms with van der Waals surface area (Å²) in [4.78, 5) is 34.2. The number of urea groups is 1. The SMILES string of the molecule is C#CCN(C)C(=O)NC(=O)CC(C)CC(=O)O. The van der Waals surface area contributed by atoms with Gasteiger partial charge in [-0.15, -0.1) is 6.42 Å². The van der Waals surface area contributed by atoms with Crippen LogP contribution in [0.1, 0.15) is 19.8 Å². The molecule has 0 rings (SSSR count). The standard InChI is InChI=1S/C11H16N2O4/c1-4-5-13(3)11(17)12-9(14)6-8(2)7-10(15)16/h1,8H,5-7H2,2-3H3,(H,15,16)(H,12,14,17). The van der Waals surface area contributed by atoms with Crippen LogP contribution < -0.4 is 5.32 Å². The highest BCUT2D eigenvalue weighted by molar-refractivity contribution is 5.94. The van der Waals surface area contributed by atoms with E-state index >= 15 is 0 Å². The van der Waals surface area contributed by atoms with E-state index in [9.17, 15) is 14.4 Å². The fraction of sp³-hybridized carbons (Fsp3) is 0.545. The molecule has 1 unspecified atom stereocenters. The van der Waals surface area contributed by atoms with Gasteiger partial charge in [0.1, 0.15) is 0 Å². The lowest BCUT2D eigenvalue weighted by molar-refractivity contribution is -0.138. The van der Waals surface area contributed by atoms with Crippen molar-refractivity contribution >= 4 is 17.9 Å². The van der Waals surface area contributed by atoms with Crippen molar-refractivity contribution in [3.05, 3.63) is 0 Å². The van der Waals surface area contributed by atoms with Gasteiger partial charge in [0, 0.05) is 19.9 Å². The first-order valence-electron chi connectivity index (χ1n) is 5.07. The molecule has 0 bridgehead atoms. The number of carbonyl (C=O) groups is 3. The Morgan fingerprint density at radius 2 is 2.00 bits per heavy atom. The molecule has 3 amide bonds. The van der Waals surface area contributed by atoms with Crippen LogP contribution in [0.5, 0.6) is 0 Å². The largest absolute Gasteiger partial charge is 0.481 e. The van der Waals surface area contributed by atoms with E-state index in [1.807, 2.05) is 0 Å². The van der Waals surface area contributed by atoms with Crippen molar-refractivity contribution in [3.8, 4) is 12.3 Å². The van der Waals surface area contributed by atoms with E-state index in [2.05, 4.69) is 11.2 Å². The van der Waals surface area contributed by atoms with Crippen LogP contribution in [0.2, 0.25) is 0 Å². The number of amides is 3. The molecule has 0 radical (unpaired) electrons. The maximum absolute atomic E-state index is 11.4. The van der Waals surface area contributed by atoms with E-state index in [4.69, 9.17) is 11.5 Å². The summed E-state index contributed by atoms with van der Waals surface area (Å²) in [5, 5.41) is 10.6. The maximum Gasteiger partial charge on any atom is 0.324 e. The number of carboxylic acid groups (broad SMARTS) is 1. The Labute approximate surface area is 100.0 Å². The van der Waals surface area contributed by atoms with Gasteiger partial charge in [-0.3, -0.25) is 14.9 Å². The molecule has 94 valence electrons. The number of nitrogens with zero attached hydrogens (tertiary/aromatic N) is 1. The van der Waals surface area contributed by atoms with E-state index in [0.29, 0.717) is 0 Å². The van der Waals surface area contributed by atoms with Gasteiger partial charge in [-0.1, -0.05) is 12.8 Å². The first kappa shape index (κ1) is 15.0. The topological polar surface area (TPSA) is 86.7 Å². The van der Waals surface area contributed by atoms with Crippen molar-refractivity contribution in [2.45, 2.75) is 19.8 Å². The Kier molecular flexibility index (Phi) is 6.41. The smallest absolute Gasteiger partial charge is 0.324 e. The molecule has 0 aromatic carbocycles. The second-order valence-corrected chi connectivity index (χ2v) is 3.82. The van der Waals surface area contributed by atoms with Crippen molar-refractivity contribution in [3.63, 3.8) is 0 Å². The van der Waals surface area contributed by atoms with Crippen LogP contribution >= 0.6 is 0 Å². The lowest BCUT2D eigenvalue weighted by Gasteiger charge is -2.15. The molecule has 0 aliphatic rings. The number of rotatable bonds is 5. The van der Waals surface area contributed by atoms with E-state index in [1.54, 1.807) is 6.92 Å². The number of terminal acetylenes is 1. The number of hydrogen-bond acceptors (Lipinski definition) is 3. The molecule has 17 heavy (non-hydrogen) atoms. The predicted octanol–water partition coefficient (Wildman–Crippen LogP) is 0.288. The number of carbonyl (C=O) groups excluding carboxylic acids is 2. The Balaban J connectivity index is 4.06. The van der Waals surface area contributed by atoms with Gasteiger partial charge in [0.15, 0.2) is 0 Å². The minimum atomic E-state index is -0.971. The fourth-order valence-electron chi connectivity index (χ4n) is 1.16. The number of imide groups is 1. The van der Waals surface area contributed by atoms with Gasteiger partial charge in [0.25, 0.3) is 0 Å². The van der Waals surface area contributed by atoms with Gasteiger partial charge in [0.05, 0.1) is 6.54 Å². The van der Waals surface area contributed by atoms with Crippen molar-refractivity contribution in [2.24, 2.45) is 5.92 Å². The van der Waals surface area contributed by atoms with Gasteiger partial charge < -0.3 is 10.0 Å². The summed E-state index contributed by atoms with van der Waals surface area (Å²) in [5.74, 6) is 0.465. The third-order valence-corrected chi connectivity index (χ3v) is 1.98. The third kappa shape index (κ3) is 6.95. The van der Waals surface area contributed by atoms with E-state index < -0.39 is 17.9 Å². The van der Waals surface area contributed by atoms with Crippen LogP contribution in [0, 0.1) is 18.3 Å². The van der Waals surface area contributed by atoms with Crippen LogP contribution in [0.25, 0.3) is 0 Å². The quantitative estimate of drug-likeness (QED) is 0.676. The summed E-state index contributed by atoms with van der Waals surface area (Å²) in [6.45, 7) is 1.73. The molecule has 0 heterocycles. The Morgan fingerprint density at radius 3 is 2.47 bits per heavy atom. The summed E-state index contributed by atoms with van der Waals surface area (Å²) in [7, 11) is 1.46. The van der Waals surface area contributed by atoms with Crippen LogP contribution in [0.4, 0.5) is 4.79 Å². The van der Waals surface area contributed by atoms with Crippen LogP contribution in [0.15, 0.2) is 0 Å². The van der Waals surface area contributed by atoms with E-state index in [-0.39, 0.29) is 25.3 Å². The highest BCUT2D eigenvalue weighted by atomic mass is 16.4. The van der Waals surface area contributed by atoms with Crippen molar-refractivity contribution in [1.82, 2.24) is 10.2 Å². The first-order chi connectivity index (χ1) is 7.86. The Morgan fingerprint density at radius 1 is 1.41 bits per heavy atom. The zero-order valence-corrected chi connectivity index (χ0v) is 9.90. The highest BCUT2D eigenvalue weighted by Gasteiger charge is 2.16. The van der Waals surface area contributed by atoms with Gasteiger partial charge in [-0.25, -0.2) is 4.79 Å². The van der Waals surface area contributed by atoms with Crippen molar-refractivity contribution in [1.29, 1.82) is 0 Å². The van der Waals surface area contributed by atoms with Crippen LogP contribution in [0.3, 0.4) is 0 Å². The number of aliphatic carboxylic acids is 1. The number of hydrogen-bond donors (Lipinski definition) is 2. The number of nitrogens with one attached hydrogen (secondary N) is 1. The highest BCUT2D eigenvalue weighted by Crippen LogP contribution is 2.06. The summed E-state index contributed by atoms with van der Waals surface area (Å²) < 4.78 is 0. The molecule has 0 saturated heterocycles. The van der Waals surface area contributed by atoms with Gasteiger partial charge in [-0.2, -0.15) is 0 Å². The molecule has 0 aliphatic carbocycles. The lowest BCUT2D eigenvalue weighted by Crippen LogP contribution is -2.41. The monoisotopic (exact) mass is 240 g/mol. The molecule has 0 aliphatic heterocycles. The van der Waals surface area contributed by atoms with E-state index in [0.717, 1.165) is 0 Å². The second-order valence-electron chi connectivity index (χ2n) is 3.82. The predicted molar refractivity (Wildman–Crippen MR) is 61.0 cm³/mol. The van der Waals surface area contributed by atoms with E-state index in [1.165, 1.54) is 11.9 Å².